The fourth-order valence-electron chi connectivity index (χ4n) is 1.83. The summed E-state index contributed by atoms with van der Waals surface area (Å²) in [5.74, 6) is -1.63. The monoisotopic (exact) mass is 320 g/mol. The summed E-state index contributed by atoms with van der Waals surface area (Å²) in [7, 11) is 0. The van der Waals surface area contributed by atoms with E-state index in [0.717, 1.165) is 10.6 Å². The Morgan fingerprint density at radius 3 is 2.83 bits per heavy atom. The molecule has 3 amide bonds. The molecule has 10 nitrogen and oxygen atoms in total. The summed E-state index contributed by atoms with van der Waals surface area (Å²) in [4.78, 5) is 45.0. The van der Waals surface area contributed by atoms with Gasteiger partial charge in [0.05, 0.1) is 10.4 Å². The molecule has 0 aliphatic rings. The zero-order chi connectivity index (χ0) is 17.0. The summed E-state index contributed by atoms with van der Waals surface area (Å²) < 4.78 is 5.80. The average molecular weight is 320 g/mol. The highest BCUT2D eigenvalue weighted by Gasteiger charge is 2.17. The molecule has 1 aromatic carbocycles. The number of urea groups is 1. The molecule has 0 saturated heterocycles. The number of nitro groups is 1. The SMILES string of the molecule is C=CCNC(=O)NC(=O)Cn1c(=O)oc2ccc([N+](=O)[O-])cc21. The molecule has 0 fully saturated rings. The van der Waals surface area contributed by atoms with E-state index in [4.69, 9.17) is 4.42 Å². The summed E-state index contributed by atoms with van der Waals surface area (Å²) in [6, 6.07) is 2.81. The highest BCUT2D eigenvalue weighted by atomic mass is 16.6. The molecule has 0 radical (unpaired) electrons. The van der Waals surface area contributed by atoms with E-state index in [2.05, 4.69) is 11.9 Å². The third kappa shape index (κ3) is 3.61. The van der Waals surface area contributed by atoms with Crippen molar-refractivity contribution < 1.29 is 18.9 Å². The molecule has 0 aliphatic heterocycles. The molecule has 23 heavy (non-hydrogen) atoms. The lowest BCUT2D eigenvalue weighted by Gasteiger charge is -2.05. The number of nitro benzene ring substituents is 1. The van der Waals surface area contributed by atoms with E-state index in [9.17, 15) is 24.5 Å². The molecule has 0 atom stereocenters. The van der Waals surface area contributed by atoms with Crippen molar-refractivity contribution >= 4 is 28.7 Å². The standard InChI is InChI=1S/C13H12N4O6/c1-2-5-14-12(19)15-11(18)7-16-9-6-8(17(21)22)3-4-10(9)23-13(16)20/h2-4,6H,1,5,7H2,(H2,14,15,18,19). The molecule has 2 aromatic rings. The number of hydrogen-bond acceptors (Lipinski definition) is 6. The Kier molecular flexibility index (Phi) is 4.55. The molecule has 2 N–H and O–H groups in total. The van der Waals surface area contributed by atoms with Crippen LogP contribution < -0.4 is 16.4 Å². The lowest BCUT2D eigenvalue weighted by Crippen LogP contribution is -2.41. The fraction of sp³-hybridized carbons (Fsp3) is 0.154. The third-order valence-electron chi connectivity index (χ3n) is 2.82. The van der Waals surface area contributed by atoms with Crippen molar-refractivity contribution in [1.29, 1.82) is 0 Å². The van der Waals surface area contributed by atoms with Crippen molar-refractivity contribution in [2.24, 2.45) is 0 Å². The van der Waals surface area contributed by atoms with Crippen LogP contribution >= 0.6 is 0 Å². The van der Waals surface area contributed by atoms with Gasteiger partial charge in [0.25, 0.3) is 5.69 Å². The van der Waals surface area contributed by atoms with Gasteiger partial charge in [-0.25, -0.2) is 9.59 Å². The Morgan fingerprint density at radius 2 is 2.17 bits per heavy atom. The molecule has 0 aliphatic carbocycles. The second-order valence-electron chi connectivity index (χ2n) is 4.41. The van der Waals surface area contributed by atoms with Gasteiger partial charge < -0.3 is 9.73 Å². The molecule has 0 bridgehead atoms. The number of rotatable bonds is 5. The van der Waals surface area contributed by atoms with Gasteiger partial charge in [-0.05, 0) is 6.07 Å². The highest BCUT2D eigenvalue weighted by Crippen LogP contribution is 2.19. The number of non-ortho nitro benzene ring substituents is 1. The lowest BCUT2D eigenvalue weighted by atomic mass is 10.3. The van der Waals surface area contributed by atoms with Gasteiger partial charge in [-0.15, -0.1) is 6.58 Å². The van der Waals surface area contributed by atoms with Crippen molar-refractivity contribution in [2.45, 2.75) is 6.54 Å². The maximum atomic E-state index is 11.8. The number of aromatic nitrogens is 1. The predicted molar refractivity (Wildman–Crippen MR) is 78.9 cm³/mol. The van der Waals surface area contributed by atoms with E-state index >= 15 is 0 Å². The Balaban J connectivity index is 2.23. The Hall–Kier alpha value is -3.43. The van der Waals surface area contributed by atoms with Crippen LogP contribution in [0.4, 0.5) is 10.5 Å². The van der Waals surface area contributed by atoms with Gasteiger partial charge >= 0.3 is 11.8 Å². The number of benzene rings is 1. The van der Waals surface area contributed by atoms with Gasteiger partial charge in [0.2, 0.25) is 5.91 Å². The zero-order valence-corrected chi connectivity index (χ0v) is 11.8. The second kappa shape index (κ2) is 6.56. The largest absolute Gasteiger partial charge is 0.420 e. The first-order chi connectivity index (χ1) is 10.9. The highest BCUT2D eigenvalue weighted by molar-refractivity contribution is 5.94. The van der Waals surface area contributed by atoms with E-state index in [1.165, 1.54) is 18.2 Å². The van der Waals surface area contributed by atoms with Gasteiger partial charge in [-0.1, -0.05) is 6.08 Å². The molecular weight excluding hydrogens is 308 g/mol. The number of nitrogens with zero attached hydrogens (tertiary/aromatic N) is 2. The van der Waals surface area contributed by atoms with E-state index < -0.39 is 29.2 Å². The molecule has 10 heteroatoms. The lowest BCUT2D eigenvalue weighted by molar-refractivity contribution is -0.384. The summed E-state index contributed by atoms with van der Waals surface area (Å²) in [5, 5.41) is 15.1. The van der Waals surface area contributed by atoms with Gasteiger partial charge in [0.15, 0.2) is 5.58 Å². The molecule has 1 aromatic heterocycles. The number of carbonyl (C=O) groups excluding carboxylic acids is 2. The summed E-state index contributed by atoms with van der Waals surface area (Å²) in [5.41, 5.74) is -0.0634. The predicted octanol–water partition coefficient (Wildman–Crippen LogP) is 0.514. The summed E-state index contributed by atoms with van der Waals surface area (Å²) in [6.07, 6.45) is 1.43. The smallest absolute Gasteiger partial charge is 0.408 e. The topological polar surface area (TPSA) is 136 Å². The van der Waals surface area contributed by atoms with Crippen LogP contribution in [0.2, 0.25) is 0 Å². The van der Waals surface area contributed by atoms with Crippen LogP contribution in [0.1, 0.15) is 0 Å². The molecule has 120 valence electrons. The minimum absolute atomic E-state index is 0.0887. The van der Waals surface area contributed by atoms with Crippen LogP contribution in [0.25, 0.3) is 11.1 Å². The maximum Gasteiger partial charge on any atom is 0.420 e. The Bertz CT molecular complexity index is 850. The van der Waals surface area contributed by atoms with E-state index in [-0.39, 0.29) is 23.3 Å². The first kappa shape index (κ1) is 15.9. The Morgan fingerprint density at radius 1 is 1.43 bits per heavy atom. The van der Waals surface area contributed by atoms with Crippen LogP contribution in [0, 0.1) is 10.1 Å². The average Bonchev–Trinajstić information content (AvgIpc) is 2.80. The number of carbonyl (C=O) groups is 2. The van der Waals surface area contributed by atoms with Gasteiger partial charge in [0.1, 0.15) is 6.54 Å². The number of fused-ring (bicyclic) bond motifs is 1. The van der Waals surface area contributed by atoms with Crippen LogP contribution in [0.15, 0.2) is 40.1 Å². The number of hydrogen-bond donors (Lipinski definition) is 2. The normalized spacial score (nSPS) is 10.3. The van der Waals surface area contributed by atoms with Crippen LogP contribution in [0.5, 0.6) is 0 Å². The van der Waals surface area contributed by atoms with Gasteiger partial charge in [-0.3, -0.25) is 24.8 Å². The molecule has 0 unspecified atom stereocenters. The number of oxazole rings is 1. The second-order valence-corrected chi connectivity index (χ2v) is 4.41. The maximum absolute atomic E-state index is 11.8. The summed E-state index contributed by atoms with van der Waals surface area (Å²) >= 11 is 0. The Labute approximate surface area is 128 Å². The minimum atomic E-state index is -0.859. The van der Waals surface area contributed by atoms with Crippen LogP contribution in [-0.2, 0) is 11.3 Å². The molecule has 2 rings (SSSR count). The quantitative estimate of drug-likeness (QED) is 0.468. The van der Waals surface area contributed by atoms with Crippen LogP contribution in [-0.4, -0.2) is 28.0 Å². The first-order valence-electron chi connectivity index (χ1n) is 6.38. The summed E-state index contributed by atoms with van der Waals surface area (Å²) in [6.45, 7) is 3.05. The van der Waals surface area contributed by atoms with E-state index in [1.54, 1.807) is 0 Å². The molecule has 0 saturated carbocycles. The molecule has 1 heterocycles. The zero-order valence-electron chi connectivity index (χ0n) is 11.8. The minimum Gasteiger partial charge on any atom is -0.408 e. The number of imide groups is 1. The third-order valence-corrected chi connectivity index (χ3v) is 2.82. The molecule has 0 spiro atoms. The van der Waals surface area contributed by atoms with Crippen LogP contribution in [0.3, 0.4) is 0 Å². The van der Waals surface area contributed by atoms with Crippen molar-refractivity contribution in [2.75, 3.05) is 6.54 Å². The van der Waals surface area contributed by atoms with Crippen molar-refractivity contribution in [1.82, 2.24) is 15.2 Å². The van der Waals surface area contributed by atoms with Crippen molar-refractivity contribution in [3.8, 4) is 0 Å². The van der Waals surface area contributed by atoms with Crippen molar-refractivity contribution in [3.63, 3.8) is 0 Å². The molecular formula is C13H12N4O6. The first-order valence-corrected chi connectivity index (χ1v) is 6.38. The van der Waals surface area contributed by atoms with E-state index in [0.29, 0.717) is 0 Å². The van der Waals surface area contributed by atoms with E-state index in [1.807, 2.05) is 5.32 Å². The van der Waals surface area contributed by atoms with Gasteiger partial charge in [0, 0.05) is 18.7 Å². The number of amides is 3. The fourth-order valence-corrected chi connectivity index (χ4v) is 1.83. The number of nitrogens with one attached hydrogen (secondary N) is 2. The van der Waals surface area contributed by atoms with Crippen molar-refractivity contribution in [3.05, 3.63) is 51.5 Å². The van der Waals surface area contributed by atoms with Gasteiger partial charge in [-0.2, -0.15) is 0 Å².